The van der Waals surface area contributed by atoms with Crippen LogP contribution in [0.5, 0.6) is 0 Å². The van der Waals surface area contributed by atoms with Gasteiger partial charge in [0.1, 0.15) is 0 Å². The molecule has 0 unspecified atom stereocenters. The first kappa shape index (κ1) is 13.8. The Morgan fingerprint density at radius 3 is 2.71 bits per heavy atom. The smallest absolute Gasteiger partial charge is 0.273 e. The summed E-state index contributed by atoms with van der Waals surface area (Å²) in [4.78, 5) is 15.0. The summed E-state index contributed by atoms with van der Waals surface area (Å²) in [6.07, 6.45) is 5.26. The number of nitrogens with one attached hydrogen (secondary N) is 2. The van der Waals surface area contributed by atoms with E-state index in [-0.39, 0.29) is 5.91 Å². The van der Waals surface area contributed by atoms with E-state index >= 15 is 0 Å². The van der Waals surface area contributed by atoms with Crippen molar-refractivity contribution in [1.29, 1.82) is 0 Å². The highest BCUT2D eigenvalue weighted by Crippen LogP contribution is 2.18. The summed E-state index contributed by atoms with van der Waals surface area (Å²) in [5, 5.41) is 4.14. The summed E-state index contributed by atoms with van der Waals surface area (Å²) in [6, 6.07) is 12.1. The van der Waals surface area contributed by atoms with Gasteiger partial charge in [0.25, 0.3) is 5.91 Å². The van der Waals surface area contributed by atoms with Gasteiger partial charge in [0.05, 0.1) is 11.3 Å². The number of aromatic amines is 1. The number of hydrazone groups is 1. The van der Waals surface area contributed by atoms with Gasteiger partial charge in [-0.25, -0.2) is 5.43 Å². The molecule has 1 aliphatic heterocycles. The Kier molecular flexibility index (Phi) is 4.01. The number of aromatic nitrogens is 1. The van der Waals surface area contributed by atoms with Crippen LogP contribution >= 0.6 is 15.9 Å². The zero-order valence-corrected chi connectivity index (χ0v) is 12.9. The normalized spacial score (nSPS) is 16.1. The molecular formula is C16H14BrN3O. The fraction of sp³-hybridized carbons (Fsp3) is 0.125. The van der Waals surface area contributed by atoms with Crippen LogP contribution in [0.25, 0.3) is 6.08 Å². The minimum atomic E-state index is -0.149. The van der Waals surface area contributed by atoms with Gasteiger partial charge >= 0.3 is 0 Å². The number of carbonyl (C=O) groups is 1. The molecule has 0 radical (unpaired) electrons. The number of carbonyl (C=O) groups excluding carboxylic acids is 1. The van der Waals surface area contributed by atoms with E-state index in [2.05, 4.69) is 43.6 Å². The Morgan fingerprint density at radius 2 is 2.00 bits per heavy atom. The number of amides is 1. The summed E-state index contributed by atoms with van der Waals surface area (Å²) < 4.78 is 0.954. The molecule has 0 saturated heterocycles. The second-order valence-electron chi connectivity index (χ2n) is 4.82. The third-order valence-corrected chi connectivity index (χ3v) is 3.77. The predicted octanol–water partition coefficient (Wildman–Crippen LogP) is 3.28. The molecule has 1 aliphatic rings. The summed E-state index contributed by atoms with van der Waals surface area (Å²) in [6.45, 7) is 0. The number of hydrogen-bond acceptors (Lipinski definition) is 2. The number of hydrogen-bond donors (Lipinski definition) is 2. The van der Waals surface area contributed by atoms with Gasteiger partial charge in [-0.3, -0.25) is 4.79 Å². The molecule has 4 nitrogen and oxygen atoms in total. The van der Waals surface area contributed by atoms with Gasteiger partial charge in [0, 0.05) is 16.4 Å². The quantitative estimate of drug-likeness (QED) is 0.822. The van der Waals surface area contributed by atoms with Gasteiger partial charge in [-0.1, -0.05) is 30.3 Å². The minimum absolute atomic E-state index is 0.149. The first-order valence-electron chi connectivity index (χ1n) is 6.69. The van der Waals surface area contributed by atoms with Crippen molar-refractivity contribution in [2.45, 2.75) is 12.8 Å². The van der Waals surface area contributed by atoms with Gasteiger partial charge in [-0.05, 0) is 46.5 Å². The molecule has 0 atom stereocenters. The Labute approximate surface area is 131 Å². The molecule has 0 bridgehead atoms. The molecule has 21 heavy (non-hydrogen) atoms. The van der Waals surface area contributed by atoms with Crippen LogP contribution in [-0.4, -0.2) is 16.6 Å². The fourth-order valence-electron chi connectivity index (χ4n) is 2.24. The summed E-state index contributed by atoms with van der Waals surface area (Å²) in [5.74, 6) is -0.149. The molecule has 106 valence electrons. The van der Waals surface area contributed by atoms with Crippen molar-refractivity contribution in [3.8, 4) is 0 Å². The second-order valence-corrected chi connectivity index (χ2v) is 5.73. The molecule has 5 heteroatoms. The minimum Gasteiger partial charge on any atom is -0.361 e. The maximum absolute atomic E-state index is 11.9. The van der Waals surface area contributed by atoms with Crippen molar-refractivity contribution < 1.29 is 4.79 Å². The summed E-state index contributed by atoms with van der Waals surface area (Å²) in [5.41, 5.74) is 6.08. The summed E-state index contributed by atoms with van der Waals surface area (Å²) in [7, 11) is 0. The SMILES string of the molecule is O=C1NN=C(CCc2ccccc2)C1=Cc1cc(Br)c[nH]1. The van der Waals surface area contributed by atoms with Crippen molar-refractivity contribution in [2.24, 2.45) is 5.10 Å². The van der Waals surface area contributed by atoms with Gasteiger partial charge in [0.2, 0.25) is 0 Å². The predicted molar refractivity (Wildman–Crippen MR) is 86.8 cm³/mol. The number of benzene rings is 1. The second kappa shape index (κ2) is 6.10. The molecule has 0 fully saturated rings. The number of nitrogens with zero attached hydrogens (tertiary/aromatic N) is 1. The standard InChI is InChI=1S/C16H14BrN3O/c17-12-8-13(18-10-12)9-14-15(19-20-16(14)21)7-6-11-4-2-1-3-5-11/h1-5,8-10,18H,6-7H2,(H,20,21). The average Bonchev–Trinajstić information content (AvgIpc) is 3.06. The number of halogens is 1. The van der Waals surface area contributed by atoms with E-state index in [0.717, 1.165) is 28.7 Å². The van der Waals surface area contributed by atoms with Crippen LogP contribution < -0.4 is 5.43 Å². The number of H-pyrrole nitrogens is 1. The highest BCUT2D eigenvalue weighted by atomic mass is 79.9. The van der Waals surface area contributed by atoms with Crippen molar-refractivity contribution in [2.75, 3.05) is 0 Å². The first-order chi connectivity index (χ1) is 10.2. The van der Waals surface area contributed by atoms with Crippen LogP contribution in [-0.2, 0) is 11.2 Å². The lowest BCUT2D eigenvalue weighted by Crippen LogP contribution is -2.13. The van der Waals surface area contributed by atoms with Crippen molar-refractivity contribution in [3.63, 3.8) is 0 Å². The third kappa shape index (κ3) is 3.31. The fourth-order valence-corrected chi connectivity index (χ4v) is 2.60. The topological polar surface area (TPSA) is 57.2 Å². The molecule has 3 rings (SSSR count). The first-order valence-corrected chi connectivity index (χ1v) is 7.48. The van der Waals surface area contributed by atoms with E-state index < -0.39 is 0 Å². The number of rotatable bonds is 4. The van der Waals surface area contributed by atoms with Crippen LogP contribution in [0.3, 0.4) is 0 Å². The Balaban J connectivity index is 1.75. The Morgan fingerprint density at radius 1 is 1.19 bits per heavy atom. The van der Waals surface area contributed by atoms with Gasteiger partial charge < -0.3 is 4.98 Å². The number of aryl methyl sites for hydroxylation is 1. The van der Waals surface area contributed by atoms with E-state index in [1.54, 1.807) is 0 Å². The zero-order chi connectivity index (χ0) is 14.7. The Hall–Kier alpha value is -2.14. The average molecular weight is 344 g/mol. The van der Waals surface area contributed by atoms with Gasteiger partial charge in [0.15, 0.2) is 0 Å². The lowest BCUT2D eigenvalue weighted by atomic mass is 10.0. The molecule has 2 N–H and O–H groups in total. The van der Waals surface area contributed by atoms with E-state index in [1.807, 2.05) is 36.5 Å². The largest absolute Gasteiger partial charge is 0.361 e. The molecule has 0 spiro atoms. The molecular weight excluding hydrogens is 330 g/mol. The highest BCUT2D eigenvalue weighted by Gasteiger charge is 2.22. The van der Waals surface area contributed by atoms with Crippen LogP contribution in [0.1, 0.15) is 17.7 Å². The monoisotopic (exact) mass is 343 g/mol. The third-order valence-electron chi connectivity index (χ3n) is 3.31. The van der Waals surface area contributed by atoms with Crippen molar-refractivity contribution >= 4 is 33.6 Å². The van der Waals surface area contributed by atoms with Crippen LogP contribution in [0.2, 0.25) is 0 Å². The van der Waals surface area contributed by atoms with E-state index in [1.165, 1.54) is 5.56 Å². The van der Waals surface area contributed by atoms with Crippen LogP contribution in [0, 0.1) is 0 Å². The van der Waals surface area contributed by atoms with Crippen LogP contribution in [0.15, 0.2) is 57.7 Å². The van der Waals surface area contributed by atoms with Gasteiger partial charge in [-0.15, -0.1) is 0 Å². The van der Waals surface area contributed by atoms with Crippen molar-refractivity contribution in [1.82, 2.24) is 10.4 Å². The Bertz CT molecular complexity index is 716. The highest BCUT2D eigenvalue weighted by molar-refractivity contribution is 9.10. The molecule has 0 saturated carbocycles. The maximum Gasteiger partial charge on any atom is 0.273 e. The molecule has 2 aromatic rings. The summed E-state index contributed by atoms with van der Waals surface area (Å²) >= 11 is 3.38. The van der Waals surface area contributed by atoms with E-state index in [0.29, 0.717) is 5.57 Å². The molecule has 1 amide bonds. The lowest BCUT2D eigenvalue weighted by molar-refractivity contribution is -0.116. The van der Waals surface area contributed by atoms with E-state index in [4.69, 9.17) is 0 Å². The molecule has 1 aromatic heterocycles. The maximum atomic E-state index is 11.9. The molecule has 0 aliphatic carbocycles. The zero-order valence-electron chi connectivity index (χ0n) is 11.3. The lowest BCUT2D eigenvalue weighted by Gasteiger charge is -2.02. The molecule has 1 aromatic carbocycles. The van der Waals surface area contributed by atoms with E-state index in [9.17, 15) is 4.79 Å². The van der Waals surface area contributed by atoms with Crippen LogP contribution in [0.4, 0.5) is 0 Å². The van der Waals surface area contributed by atoms with Gasteiger partial charge in [-0.2, -0.15) is 5.10 Å². The molecule has 2 heterocycles. The van der Waals surface area contributed by atoms with Crippen molar-refractivity contribution in [3.05, 3.63) is 63.9 Å².